The molecular weight excluding hydrogens is 544 g/mol. The lowest BCUT2D eigenvalue weighted by atomic mass is 10.0. The molecule has 1 aliphatic heterocycles. The van der Waals surface area contributed by atoms with E-state index in [0.29, 0.717) is 6.42 Å². The van der Waals surface area contributed by atoms with Crippen LogP contribution in [-0.4, -0.2) is 58.5 Å². The van der Waals surface area contributed by atoms with Crippen LogP contribution in [0.25, 0.3) is 5.69 Å². The number of nitrogens with zero attached hydrogens (tertiary/aromatic N) is 4. The lowest BCUT2D eigenvalue weighted by molar-refractivity contribution is -0.0396. The van der Waals surface area contributed by atoms with Gasteiger partial charge in [-0.3, -0.25) is 14.5 Å². The van der Waals surface area contributed by atoms with E-state index in [2.05, 4.69) is 35.2 Å². The van der Waals surface area contributed by atoms with E-state index in [9.17, 15) is 9.59 Å². The molecule has 37 heavy (non-hydrogen) atoms. The molecule has 0 radical (unpaired) electrons. The standard InChI is InChI=1S/C26H27BrN4O6/c1-15-14-29-24-21(10-12-35-26(33)37-17(3)16(2)36-25(32)34-4)30-23(20-7-5-6-11-28-20)19-13-18(27)8-9-22(19)31(15)24/h5-9,11,13-14,16-17,21H,10,12H2,1-4H3/t16?,17?,21-/m0/s1. The van der Waals surface area contributed by atoms with Crippen molar-refractivity contribution in [2.24, 2.45) is 4.99 Å². The van der Waals surface area contributed by atoms with Gasteiger partial charge in [0.1, 0.15) is 24.1 Å². The van der Waals surface area contributed by atoms with E-state index in [1.54, 1.807) is 26.2 Å². The van der Waals surface area contributed by atoms with E-state index in [1.807, 2.05) is 43.3 Å². The Kier molecular flexibility index (Phi) is 8.22. The van der Waals surface area contributed by atoms with E-state index in [-0.39, 0.29) is 6.61 Å². The Morgan fingerprint density at radius 1 is 1.08 bits per heavy atom. The number of carbonyl (C=O) groups excluding carboxylic acids is 2. The molecule has 0 saturated heterocycles. The first-order chi connectivity index (χ1) is 17.8. The first-order valence-electron chi connectivity index (χ1n) is 11.7. The van der Waals surface area contributed by atoms with Crippen molar-refractivity contribution in [2.75, 3.05) is 13.7 Å². The summed E-state index contributed by atoms with van der Waals surface area (Å²) in [7, 11) is 1.20. The van der Waals surface area contributed by atoms with Gasteiger partial charge in [-0.05, 0) is 51.1 Å². The Bertz CT molecular complexity index is 1310. The van der Waals surface area contributed by atoms with Gasteiger partial charge in [0.05, 0.1) is 30.8 Å². The largest absolute Gasteiger partial charge is 0.508 e. The molecule has 3 aromatic rings. The molecule has 2 unspecified atom stereocenters. The molecule has 0 bridgehead atoms. The second-order valence-corrected chi connectivity index (χ2v) is 9.37. The number of pyridine rings is 1. The fourth-order valence-electron chi connectivity index (χ4n) is 3.91. The molecule has 3 heterocycles. The number of ether oxygens (including phenoxy) is 4. The lowest BCUT2D eigenvalue weighted by Gasteiger charge is -2.20. The van der Waals surface area contributed by atoms with E-state index in [1.165, 1.54) is 7.11 Å². The number of aromatic nitrogens is 3. The van der Waals surface area contributed by atoms with Gasteiger partial charge in [0.15, 0.2) is 0 Å². The van der Waals surface area contributed by atoms with Crippen LogP contribution in [0, 0.1) is 6.92 Å². The summed E-state index contributed by atoms with van der Waals surface area (Å²) in [4.78, 5) is 37.8. The van der Waals surface area contributed by atoms with Crippen molar-refractivity contribution >= 4 is 34.0 Å². The van der Waals surface area contributed by atoms with Crippen LogP contribution in [0.15, 0.2) is 58.3 Å². The fourth-order valence-corrected chi connectivity index (χ4v) is 4.27. The summed E-state index contributed by atoms with van der Waals surface area (Å²) in [6, 6.07) is 11.3. The van der Waals surface area contributed by atoms with Gasteiger partial charge >= 0.3 is 12.3 Å². The predicted molar refractivity (Wildman–Crippen MR) is 138 cm³/mol. The van der Waals surface area contributed by atoms with Crippen LogP contribution in [-0.2, 0) is 18.9 Å². The summed E-state index contributed by atoms with van der Waals surface area (Å²) in [5.41, 5.74) is 4.25. The van der Waals surface area contributed by atoms with E-state index >= 15 is 0 Å². The van der Waals surface area contributed by atoms with Crippen molar-refractivity contribution in [3.63, 3.8) is 0 Å². The first-order valence-corrected chi connectivity index (χ1v) is 12.5. The monoisotopic (exact) mass is 570 g/mol. The molecule has 10 nitrogen and oxygen atoms in total. The first kappa shape index (κ1) is 26.3. The van der Waals surface area contributed by atoms with Crippen molar-refractivity contribution in [3.8, 4) is 5.69 Å². The smallest absolute Gasteiger partial charge is 0.438 e. The Morgan fingerprint density at radius 3 is 2.54 bits per heavy atom. The third kappa shape index (κ3) is 5.99. The summed E-state index contributed by atoms with van der Waals surface area (Å²) >= 11 is 3.58. The minimum atomic E-state index is -0.873. The number of aryl methyl sites for hydroxylation is 1. The van der Waals surface area contributed by atoms with Crippen LogP contribution in [0.5, 0.6) is 0 Å². The van der Waals surface area contributed by atoms with Crippen molar-refractivity contribution in [1.29, 1.82) is 0 Å². The molecule has 3 atom stereocenters. The van der Waals surface area contributed by atoms with Crippen LogP contribution in [0.3, 0.4) is 0 Å². The number of halogens is 1. The van der Waals surface area contributed by atoms with Gasteiger partial charge in [0.2, 0.25) is 0 Å². The normalized spacial score (nSPS) is 15.8. The maximum Gasteiger partial charge on any atom is 0.508 e. The maximum absolute atomic E-state index is 12.3. The highest BCUT2D eigenvalue weighted by atomic mass is 79.9. The number of imidazole rings is 1. The number of hydrogen-bond donors (Lipinski definition) is 0. The summed E-state index contributed by atoms with van der Waals surface area (Å²) in [6.45, 7) is 5.20. The fraction of sp³-hybridized carbons (Fsp3) is 0.346. The molecule has 0 saturated carbocycles. The van der Waals surface area contributed by atoms with Gasteiger partial charge in [-0.2, -0.15) is 0 Å². The molecule has 1 aromatic carbocycles. The Hall–Kier alpha value is -3.73. The quantitative estimate of drug-likeness (QED) is 0.350. The zero-order chi connectivity index (χ0) is 26.5. The summed E-state index contributed by atoms with van der Waals surface area (Å²) in [5.74, 6) is 0.734. The molecule has 0 aliphatic carbocycles. The number of rotatable bonds is 7. The number of hydrogen-bond acceptors (Lipinski definition) is 9. The van der Waals surface area contributed by atoms with Crippen LogP contribution >= 0.6 is 15.9 Å². The topological polar surface area (TPSA) is 114 Å². The summed E-state index contributed by atoms with van der Waals surface area (Å²) in [6.07, 6.45) is 0.722. The average molecular weight is 571 g/mol. The number of aliphatic imine (C=N–C) groups is 1. The van der Waals surface area contributed by atoms with Gasteiger partial charge in [0, 0.05) is 34.5 Å². The highest BCUT2D eigenvalue weighted by Gasteiger charge is 2.28. The second-order valence-electron chi connectivity index (χ2n) is 8.45. The van der Waals surface area contributed by atoms with Crippen LogP contribution in [0.1, 0.15) is 49.1 Å². The third-order valence-corrected chi connectivity index (χ3v) is 6.41. The Morgan fingerprint density at radius 2 is 1.84 bits per heavy atom. The number of benzene rings is 1. The van der Waals surface area contributed by atoms with Crippen molar-refractivity contribution in [2.45, 2.75) is 45.4 Å². The zero-order valence-electron chi connectivity index (χ0n) is 20.9. The zero-order valence-corrected chi connectivity index (χ0v) is 22.5. The molecule has 11 heteroatoms. The predicted octanol–water partition coefficient (Wildman–Crippen LogP) is 5.33. The average Bonchev–Trinajstić information content (AvgIpc) is 3.20. The van der Waals surface area contributed by atoms with E-state index in [0.717, 1.165) is 38.6 Å². The van der Waals surface area contributed by atoms with Gasteiger partial charge in [-0.15, -0.1) is 0 Å². The number of methoxy groups -OCH3 is 1. The third-order valence-electron chi connectivity index (χ3n) is 5.91. The highest BCUT2D eigenvalue weighted by molar-refractivity contribution is 9.10. The minimum absolute atomic E-state index is 0.0351. The molecule has 0 fully saturated rings. The number of fused-ring (bicyclic) bond motifs is 3. The van der Waals surface area contributed by atoms with Gasteiger partial charge in [0.25, 0.3) is 0 Å². The maximum atomic E-state index is 12.3. The van der Waals surface area contributed by atoms with Gasteiger partial charge < -0.3 is 18.9 Å². The molecule has 4 rings (SSSR count). The summed E-state index contributed by atoms with van der Waals surface area (Å²) < 4.78 is 23.0. The lowest BCUT2D eigenvalue weighted by Crippen LogP contribution is -2.31. The van der Waals surface area contributed by atoms with E-state index in [4.69, 9.17) is 19.2 Å². The van der Waals surface area contributed by atoms with Gasteiger partial charge in [-0.1, -0.05) is 22.0 Å². The van der Waals surface area contributed by atoms with E-state index < -0.39 is 30.6 Å². The molecule has 194 valence electrons. The molecular formula is C26H27BrN4O6. The Labute approximate surface area is 222 Å². The van der Waals surface area contributed by atoms with Gasteiger partial charge in [-0.25, -0.2) is 14.6 Å². The molecule has 1 aliphatic rings. The molecule has 0 spiro atoms. The van der Waals surface area contributed by atoms with Crippen molar-refractivity contribution in [3.05, 3.63) is 76.0 Å². The minimum Gasteiger partial charge on any atom is -0.438 e. The Balaban J connectivity index is 1.55. The van der Waals surface area contributed by atoms with Crippen molar-refractivity contribution < 1.29 is 28.5 Å². The van der Waals surface area contributed by atoms with Crippen LogP contribution < -0.4 is 0 Å². The second kappa shape index (κ2) is 11.5. The SMILES string of the molecule is COC(=O)OC(C)C(C)OC(=O)OCC[C@@H]1N=C(c2ccccn2)c2cc(Br)ccc2-n2c(C)cnc21. The van der Waals surface area contributed by atoms with Crippen molar-refractivity contribution in [1.82, 2.24) is 14.5 Å². The molecule has 2 aromatic heterocycles. The molecule has 0 amide bonds. The molecule has 0 N–H and O–H groups in total. The highest BCUT2D eigenvalue weighted by Crippen LogP contribution is 2.34. The number of carbonyl (C=O) groups is 2. The van der Waals surface area contributed by atoms with Crippen LogP contribution in [0.4, 0.5) is 9.59 Å². The van der Waals surface area contributed by atoms with Crippen LogP contribution in [0.2, 0.25) is 0 Å². The summed E-state index contributed by atoms with van der Waals surface area (Å²) in [5, 5.41) is 0.